The average Bonchev–Trinajstić information content (AvgIpc) is 3.47. The maximum atomic E-state index is 13.4. The molecule has 1 unspecified atom stereocenters. The van der Waals surface area contributed by atoms with E-state index in [0.29, 0.717) is 37.7 Å². The quantitative estimate of drug-likeness (QED) is 0.628. The summed E-state index contributed by atoms with van der Waals surface area (Å²) in [5, 5.41) is 2.95. The predicted molar refractivity (Wildman–Crippen MR) is 116 cm³/mol. The van der Waals surface area contributed by atoms with Gasteiger partial charge in [-0.2, -0.15) is 0 Å². The molecule has 3 aromatic rings. The summed E-state index contributed by atoms with van der Waals surface area (Å²) in [7, 11) is 0. The SMILES string of the molecule is Cc1cccc(NC(=O)N2CCCC(C(=O)N(Cc3ccco3)Cc3ccco3)C2)c1. The van der Waals surface area contributed by atoms with Gasteiger partial charge >= 0.3 is 6.03 Å². The molecule has 0 bridgehead atoms. The molecule has 1 aliphatic heterocycles. The van der Waals surface area contributed by atoms with Gasteiger partial charge in [0.2, 0.25) is 5.91 Å². The average molecular weight is 421 g/mol. The van der Waals surface area contributed by atoms with E-state index in [9.17, 15) is 9.59 Å². The molecule has 1 N–H and O–H groups in total. The highest BCUT2D eigenvalue weighted by Crippen LogP contribution is 2.23. The largest absolute Gasteiger partial charge is 0.467 e. The fourth-order valence-electron chi connectivity index (χ4n) is 3.94. The van der Waals surface area contributed by atoms with Crippen LogP contribution in [-0.2, 0) is 17.9 Å². The standard InChI is InChI=1S/C24H27N3O4/c1-18-6-2-8-20(14-18)25-24(29)26-11-3-7-19(15-26)23(28)27(16-21-9-4-12-30-21)17-22-10-5-13-31-22/h2,4-6,8-10,12-14,19H,3,7,11,15-17H2,1H3,(H,25,29). The number of likely N-dealkylation sites (tertiary alicyclic amines) is 1. The molecule has 1 aliphatic rings. The van der Waals surface area contributed by atoms with Crippen LogP contribution in [0.5, 0.6) is 0 Å². The van der Waals surface area contributed by atoms with E-state index < -0.39 is 0 Å². The lowest BCUT2D eigenvalue weighted by atomic mass is 9.96. The molecule has 1 atom stereocenters. The minimum Gasteiger partial charge on any atom is -0.467 e. The Bertz CT molecular complexity index is 962. The molecule has 2 aromatic heterocycles. The summed E-state index contributed by atoms with van der Waals surface area (Å²) < 4.78 is 10.9. The lowest BCUT2D eigenvalue weighted by Crippen LogP contribution is -2.47. The third-order valence-corrected chi connectivity index (χ3v) is 5.49. The topological polar surface area (TPSA) is 78.9 Å². The minimum absolute atomic E-state index is 0.000792. The number of piperidine rings is 1. The van der Waals surface area contributed by atoms with E-state index in [1.165, 1.54) is 0 Å². The zero-order valence-corrected chi connectivity index (χ0v) is 17.6. The van der Waals surface area contributed by atoms with Crippen molar-refractivity contribution in [3.8, 4) is 0 Å². The molecule has 1 aromatic carbocycles. The van der Waals surface area contributed by atoms with Crippen molar-refractivity contribution in [3.63, 3.8) is 0 Å². The van der Waals surface area contributed by atoms with Crippen molar-refractivity contribution < 1.29 is 18.4 Å². The van der Waals surface area contributed by atoms with E-state index in [1.807, 2.05) is 55.5 Å². The molecule has 1 fully saturated rings. The summed E-state index contributed by atoms with van der Waals surface area (Å²) in [5.41, 5.74) is 1.84. The summed E-state index contributed by atoms with van der Waals surface area (Å²) in [6, 6.07) is 14.8. The number of hydrogen-bond acceptors (Lipinski definition) is 4. The van der Waals surface area contributed by atoms with Gasteiger partial charge in [-0.05, 0) is 61.7 Å². The summed E-state index contributed by atoms with van der Waals surface area (Å²) in [6.45, 7) is 3.73. The minimum atomic E-state index is -0.262. The van der Waals surface area contributed by atoms with Crippen molar-refractivity contribution in [1.29, 1.82) is 0 Å². The Morgan fingerprint density at radius 1 is 1.06 bits per heavy atom. The molecule has 3 heterocycles. The number of aryl methyl sites for hydroxylation is 1. The van der Waals surface area contributed by atoms with Crippen LogP contribution in [0.2, 0.25) is 0 Å². The molecule has 7 nitrogen and oxygen atoms in total. The highest BCUT2D eigenvalue weighted by Gasteiger charge is 2.32. The molecular weight excluding hydrogens is 394 g/mol. The van der Waals surface area contributed by atoms with Crippen LogP contribution >= 0.6 is 0 Å². The first-order valence-corrected chi connectivity index (χ1v) is 10.5. The van der Waals surface area contributed by atoms with Crippen molar-refractivity contribution >= 4 is 17.6 Å². The Labute approximate surface area is 181 Å². The van der Waals surface area contributed by atoms with E-state index >= 15 is 0 Å². The maximum absolute atomic E-state index is 13.4. The monoisotopic (exact) mass is 421 g/mol. The van der Waals surface area contributed by atoms with Gasteiger partial charge in [0, 0.05) is 18.8 Å². The first-order valence-electron chi connectivity index (χ1n) is 10.5. The Morgan fingerprint density at radius 3 is 2.39 bits per heavy atom. The highest BCUT2D eigenvalue weighted by molar-refractivity contribution is 5.90. The van der Waals surface area contributed by atoms with Crippen LogP contribution in [0, 0.1) is 12.8 Å². The highest BCUT2D eigenvalue weighted by atomic mass is 16.3. The second-order valence-corrected chi connectivity index (χ2v) is 7.94. The number of benzene rings is 1. The Kier molecular flexibility index (Phi) is 6.40. The molecule has 0 radical (unpaired) electrons. The van der Waals surface area contributed by atoms with Gasteiger partial charge in [-0.3, -0.25) is 4.79 Å². The van der Waals surface area contributed by atoms with Crippen LogP contribution in [0.25, 0.3) is 0 Å². The van der Waals surface area contributed by atoms with E-state index in [-0.39, 0.29) is 17.9 Å². The number of rotatable bonds is 6. The van der Waals surface area contributed by atoms with E-state index in [1.54, 1.807) is 22.3 Å². The number of nitrogens with zero attached hydrogens (tertiary/aromatic N) is 2. The second-order valence-electron chi connectivity index (χ2n) is 7.94. The van der Waals surface area contributed by atoms with E-state index in [0.717, 1.165) is 24.1 Å². The normalized spacial score (nSPS) is 16.2. The molecule has 4 rings (SSSR count). The number of urea groups is 1. The van der Waals surface area contributed by atoms with Gasteiger partial charge < -0.3 is 24.0 Å². The molecule has 0 aliphatic carbocycles. The number of carbonyl (C=O) groups is 2. The lowest BCUT2D eigenvalue weighted by Gasteiger charge is -2.34. The van der Waals surface area contributed by atoms with Crippen LogP contribution in [0.4, 0.5) is 10.5 Å². The molecular formula is C24H27N3O4. The van der Waals surface area contributed by atoms with Crippen LogP contribution in [0.15, 0.2) is 69.9 Å². The maximum Gasteiger partial charge on any atom is 0.321 e. The van der Waals surface area contributed by atoms with Crippen LogP contribution < -0.4 is 5.32 Å². The molecule has 3 amide bonds. The summed E-state index contributed by atoms with van der Waals surface area (Å²) in [6.07, 6.45) is 4.73. The van der Waals surface area contributed by atoms with Crippen molar-refractivity contribution in [1.82, 2.24) is 9.80 Å². The summed E-state index contributed by atoms with van der Waals surface area (Å²) >= 11 is 0. The fraction of sp³-hybridized carbons (Fsp3) is 0.333. The Morgan fingerprint density at radius 2 is 1.77 bits per heavy atom. The zero-order valence-electron chi connectivity index (χ0n) is 17.6. The summed E-state index contributed by atoms with van der Waals surface area (Å²) in [4.78, 5) is 29.7. The molecule has 162 valence electrons. The molecule has 0 spiro atoms. The third kappa shape index (κ3) is 5.36. The number of anilines is 1. The van der Waals surface area contributed by atoms with Crippen LogP contribution in [0.1, 0.15) is 29.9 Å². The number of amides is 3. The fourth-order valence-corrected chi connectivity index (χ4v) is 3.94. The van der Waals surface area contributed by atoms with E-state index in [2.05, 4.69) is 5.32 Å². The lowest BCUT2D eigenvalue weighted by molar-refractivity contribution is -0.138. The van der Waals surface area contributed by atoms with Gasteiger partial charge in [-0.1, -0.05) is 12.1 Å². The Balaban J connectivity index is 1.43. The first kappa shape index (κ1) is 20.8. The van der Waals surface area contributed by atoms with Crippen molar-refractivity contribution in [2.75, 3.05) is 18.4 Å². The van der Waals surface area contributed by atoms with Crippen molar-refractivity contribution in [3.05, 3.63) is 78.1 Å². The molecule has 31 heavy (non-hydrogen) atoms. The second kappa shape index (κ2) is 9.55. The van der Waals surface area contributed by atoms with Crippen LogP contribution in [0.3, 0.4) is 0 Å². The van der Waals surface area contributed by atoms with E-state index in [4.69, 9.17) is 8.83 Å². The molecule has 7 heteroatoms. The van der Waals surface area contributed by atoms with Gasteiger partial charge in [-0.15, -0.1) is 0 Å². The van der Waals surface area contributed by atoms with Gasteiger partial charge in [0.1, 0.15) is 11.5 Å². The predicted octanol–water partition coefficient (Wildman–Crippen LogP) is 4.65. The first-order chi connectivity index (χ1) is 15.1. The van der Waals surface area contributed by atoms with Crippen molar-refractivity contribution in [2.24, 2.45) is 5.92 Å². The molecule has 0 saturated carbocycles. The van der Waals surface area contributed by atoms with Crippen LogP contribution in [-0.4, -0.2) is 34.8 Å². The number of nitrogens with one attached hydrogen (secondary N) is 1. The third-order valence-electron chi connectivity index (χ3n) is 5.49. The van der Waals surface area contributed by atoms with Crippen molar-refractivity contribution in [2.45, 2.75) is 32.9 Å². The smallest absolute Gasteiger partial charge is 0.321 e. The van der Waals surface area contributed by atoms with Gasteiger partial charge in [0.25, 0.3) is 0 Å². The number of carbonyl (C=O) groups excluding carboxylic acids is 2. The molecule has 1 saturated heterocycles. The Hall–Kier alpha value is -3.48. The van der Waals surface area contributed by atoms with Gasteiger partial charge in [-0.25, -0.2) is 4.79 Å². The van der Waals surface area contributed by atoms with Gasteiger partial charge in [0.15, 0.2) is 0 Å². The van der Waals surface area contributed by atoms with Gasteiger partial charge in [0.05, 0.1) is 31.5 Å². The summed E-state index contributed by atoms with van der Waals surface area (Å²) in [5.74, 6) is 1.16. The number of furan rings is 2. The zero-order chi connectivity index (χ0) is 21.6. The number of hydrogen-bond donors (Lipinski definition) is 1.